The number of methoxy groups -OCH3 is 1. The van der Waals surface area contributed by atoms with Crippen molar-refractivity contribution in [1.29, 1.82) is 0 Å². The summed E-state index contributed by atoms with van der Waals surface area (Å²) in [6.07, 6.45) is -5.68. The van der Waals surface area contributed by atoms with Gasteiger partial charge in [0.25, 0.3) is 5.91 Å². The Bertz CT molecular complexity index is 843. The molecule has 150 valence electrons. The van der Waals surface area contributed by atoms with Gasteiger partial charge in [-0.2, -0.15) is 13.2 Å². The van der Waals surface area contributed by atoms with Gasteiger partial charge in [0.1, 0.15) is 11.5 Å². The lowest BCUT2D eigenvalue weighted by Gasteiger charge is -2.16. The minimum absolute atomic E-state index is 0.129. The quantitative estimate of drug-likeness (QED) is 0.676. The van der Waals surface area contributed by atoms with E-state index in [1.165, 1.54) is 26.2 Å². The number of halogens is 3. The fraction of sp³-hybridized carbons (Fsp3) is 0.222. The summed E-state index contributed by atoms with van der Waals surface area (Å²) >= 11 is 0. The summed E-state index contributed by atoms with van der Waals surface area (Å²) in [5.74, 6) is -0.464. The zero-order chi connectivity index (χ0) is 20.7. The van der Waals surface area contributed by atoms with Gasteiger partial charge in [0.15, 0.2) is 6.10 Å². The third-order valence-electron chi connectivity index (χ3n) is 3.50. The van der Waals surface area contributed by atoms with Crippen LogP contribution in [-0.2, 0) is 11.0 Å². The Balaban J connectivity index is 1.88. The minimum Gasteiger partial charge on any atom is -0.495 e. The molecule has 2 aromatic carbocycles. The summed E-state index contributed by atoms with van der Waals surface area (Å²) in [4.78, 5) is 23.8. The fourth-order valence-electron chi connectivity index (χ4n) is 2.12. The van der Waals surface area contributed by atoms with E-state index < -0.39 is 29.8 Å². The molecule has 0 aliphatic heterocycles. The molecular formula is C18H18F3N3O4. The van der Waals surface area contributed by atoms with Crippen LogP contribution in [0.3, 0.4) is 0 Å². The van der Waals surface area contributed by atoms with E-state index in [0.717, 1.165) is 12.1 Å². The van der Waals surface area contributed by atoms with Crippen molar-refractivity contribution in [3.63, 3.8) is 0 Å². The van der Waals surface area contributed by atoms with Crippen LogP contribution in [0.1, 0.15) is 12.5 Å². The van der Waals surface area contributed by atoms with E-state index in [9.17, 15) is 22.8 Å². The summed E-state index contributed by atoms with van der Waals surface area (Å²) in [6, 6.07) is 10.0. The SMILES string of the molecule is COc1ccccc1NC(=O)NNC(=O)C(C)Oc1cccc(C(F)(F)F)c1. The molecule has 7 nitrogen and oxygen atoms in total. The number of hydrazine groups is 1. The van der Waals surface area contributed by atoms with Crippen LogP contribution in [0.4, 0.5) is 23.7 Å². The van der Waals surface area contributed by atoms with Crippen molar-refractivity contribution in [3.8, 4) is 11.5 Å². The first kappa shape index (κ1) is 20.9. The molecule has 10 heteroatoms. The molecular weight excluding hydrogens is 379 g/mol. The number of hydrogen-bond donors (Lipinski definition) is 3. The summed E-state index contributed by atoms with van der Waals surface area (Å²) in [5.41, 5.74) is 3.72. The van der Waals surface area contributed by atoms with Crippen LogP contribution in [0.5, 0.6) is 11.5 Å². The van der Waals surface area contributed by atoms with Crippen LogP contribution in [0, 0.1) is 0 Å². The highest BCUT2D eigenvalue weighted by Gasteiger charge is 2.30. The van der Waals surface area contributed by atoms with Gasteiger partial charge in [0.05, 0.1) is 18.4 Å². The molecule has 0 heterocycles. The molecule has 3 N–H and O–H groups in total. The van der Waals surface area contributed by atoms with Gasteiger partial charge in [-0.3, -0.25) is 10.2 Å². The Morgan fingerprint density at radius 1 is 1.04 bits per heavy atom. The second kappa shape index (κ2) is 8.98. The van der Waals surface area contributed by atoms with Crippen molar-refractivity contribution in [3.05, 3.63) is 54.1 Å². The van der Waals surface area contributed by atoms with Crippen LogP contribution < -0.4 is 25.6 Å². The number of hydrogen-bond acceptors (Lipinski definition) is 4. The number of anilines is 1. The Labute approximate surface area is 158 Å². The van der Waals surface area contributed by atoms with Gasteiger partial charge in [-0.1, -0.05) is 18.2 Å². The number of benzene rings is 2. The average molecular weight is 397 g/mol. The van der Waals surface area contributed by atoms with E-state index in [1.807, 2.05) is 0 Å². The predicted octanol–water partition coefficient (Wildman–Crippen LogP) is 3.33. The molecule has 0 saturated heterocycles. The van der Waals surface area contributed by atoms with Crippen LogP contribution in [0.2, 0.25) is 0 Å². The number of para-hydroxylation sites is 2. The van der Waals surface area contributed by atoms with Crippen LogP contribution in [0.15, 0.2) is 48.5 Å². The number of ether oxygens (including phenoxy) is 2. The van der Waals surface area contributed by atoms with Gasteiger partial charge in [-0.25, -0.2) is 10.2 Å². The first-order valence-corrected chi connectivity index (χ1v) is 8.04. The summed E-state index contributed by atoms with van der Waals surface area (Å²) in [7, 11) is 1.44. The number of carbonyl (C=O) groups excluding carboxylic acids is 2. The number of alkyl halides is 3. The molecule has 3 amide bonds. The van der Waals surface area contributed by atoms with Crippen LogP contribution in [0.25, 0.3) is 0 Å². The number of amides is 3. The average Bonchev–Trinajstić information content (AvgIpc) is 2.66. The molecule has 0 radical (unpaired) electrons. The maximum Gasteiger partial charge on any atom is 0.416 e. The lowest BCUT2D eigenvalue weighted by atomic mass is 10.2. The van der Waals surface area contributed by atoms with Crippen molar-refractivity contribution < 1.29 is 32.2 Å². The van der Waals surface area contributed by atoms with E-state index in [2.05, 4.69) is 16.2 Å². The first-order chi connectivity index (χ1) is 13.2. The number of carbonyl (C=O) groups is 2. The minimum atomic E-state index is -4.52. The number of urea groups is 1. The molecule has 0 aliphatic carbocycles. The zero-order valence-corrected chi connectivity index (χ0v) is 15.0. The highest BCUT2D eigenvalue weighted by Crippen LogP contribution is 2.31. The predicted molar refractivity (Wildman–Crippen MR) is 94.8 cm³/mol. The Hall–Kier alpha value is -3.43. The highest BCUT2D eigenvalue weighted by molar-refractivity contribution is 5.92. The van der Waals surface area contributed by atoms with Gasteiger partial charge < -0.3 is 14.8 Å². The van der Waals surface area contributed by atoms with Crippen molar-refractivity contribution in [2.45, 2.75) is 19.2 Å². The Kier molecular flexibility index (Phi) is 6.69. The van der Waals surface area contributed by atoms with Gasteiger partial charge in [0.2, 0.25) is 0 Å². The topological polar surface area (TPSA) is 88.7 Å². The largest absolute Gasteiger partial charge is 0.495 e. The first-order valence-electron chi connectivity index (χ1n) is 8.04. The zero-order valence-electron chi connectivity index (χ0n) is 15.0. The number of nitrogens with one attached hydrogen (secondary N) is 3. The smallest absolute Gasteiger partial charge is 0.416 e. The molecule has 0 bridgehead atoms. The van der Waals surface area contributed by atoms with E-state index in [-0.39, 0.29) is 5.75 Å². The van der Waals surface area contributed by atoms with E-state index in [4.69, 9.17) is 9.47 Å². The van der Waals surface area contributed by atoms with Crippen LogP contribution >= 0.6 is 0 Å². The highest BCUT2D eigenvalue weighted by atomic mass is 19.4. The van der Waals surface area contributed by atoms with Crippen molar-refractivity contribution in [2.75, 3.05) is 12.4 Å². The van der Waals surface area contributed by atoms with Crippen molar-refractivity contribution in [2.24, 2.45) is 0 Å². The fourth-order valence-corrected chi connectivity index (χ4v) is 2.12. The van der Waals surface area contributed by atoms with Crippen molar-refractivity contribution >= 4 is 17.6 Å². The maximum atomic E-state index is 12.7. The molecule has 0 saturated carbocycles. The lowest BCUT2D eigenvalue weighted by Crippen LogP contribution is -2.48. The Morgan fingerprint density at radius 2 is 1.75 bits per heavy atom. The van der Waals surface area contributed by atoms with Crippen LogP contribution in [-0.4, -0.2) is 25.2 Å². The summed E-state index contributed by atoms with van der Waals surface area (Å²) < 4.78 is 48.4. The monoisotopic (exact) mass is 397 g/mol. The second-order valence-corrected chi connectivity index (χ2v) is 5.55. The maximum absolute atomic E-state index is 12.7. The molecule has 0 fully saturated rings. The molecule has 0 aromatic heterocycles. The molecule has 28 heavy (non-hydrogen) atoms. The molecule has 0 aliphatic rings. The third kappa shape index (κ3) is 5.79. The normalized spacial score (nSPS) is 11.9. The van der Waals surface area contributed by atoms with E-state index in [1.54, 1.807) is 24.3 Å². The van der Waals surface area contributed by atoms with Crippen molar-refractivity contribution in [1.82, 2.24) is 10.9 Å². The van der Waals surface area contributed by atoms with Gasteiger partial charge in [-0.15, -0.1) is 0 Å². The van der Waals surface area contributed by atoms with Gasteiger partial charge in [-0.05, 0) is 37.3 Å². The summed E-state index contributed by atoms with van der Waals surface area (Å²) in [5, 5.41) is 2.47. The van der Waals surface area contributed by atoms with E-state index in [0.29, 0.717) is 11.4 Å². The molecule has 2 rings (SSSR count). The van der Waals surface area contributed by atoms with Gasteiger partial charge >= 0.3 is 12.2 Å². The standard InChI is InChI=1S/C18H18F3N3O4/c1-11(28-13-7-5-6-12(10-13)18(19,20)21)16(25)23-24-17(26)22-14-8-3-4-9-15(14)27-2/h3-11H,1-2H3,(H,23,25)(H2,22,24,26). The molecule has 2 aromatic rings. The summed E-state index contributed by atoms with van der Waals surface area (Å²) in [6.45, 7) is 1.33. The third-order valence-corrected chi connectivity index (χ3v) is 3.50. The lowest BCUT2D eigenvalue weighted by molar-refractivity contribution is -0.137. The molecule has 1 unspecified atom stereocenters. The Morgan fingerprint density at radius 3 is 2.43 bits per heavy atom. The van der Waals surface area contributed by atoms with Gasteiger partial charge in [0, 0.05) is 0 Å². The number of rotatable bonds is 5. The second-order valence-electron chi connectivity index (χ2n) is 5.55. The molecule has 1 atom stereocenters. The molecule has 0 spiro atoms. The van der Waals surface area contributed by atoms with E-state index >= 15 is 0 Å².